The Labute approximate surface area is 179 Å². The number of amides is 2. The van der Waals surface area contributed by atoms with Crippen LogP contribution in [-0.2, 0) is 17.8 Å². The largest absolute Gasteiger partial charge is 0.454 e. The number of piperidine rings is 1. The Morgan fingerprint density at radius 3 is 2.84 bits per heavy atom. The molecule has 5 rings (SSSR count). The highest BCUT2D eigenvalue weighted by molar-refractivity contribution is 5.95. The van der Waals surface area contributed by atoms with Gasteiger partial charge in [0.1, 0.15) is 5.82 Å². The van der Waals surface area contributed by atoms with Gasteiger partial charge in [0, 0.05) is 31.1 Å². The van der Waals surface area contributed by atoms with E-state index in [4.69, 9.17) is 14.5 Å². The second kappa shape index (κ2) is 7.72. The zero-order chi connectivity index (χ0) is 21.5. The van der Waals surface area contributed by atoms with Crippen LogP contribution in [0.2, 0.25) is 0 Å². The second-order valence-electron chi connectivity index (χ2n) is 8.15. The summed E-state index contributed by atoms with van der Waals surface area (Å²) in [7, 11) is 0. The Morgan fingerprint density at radius 2 is 2.00 bits per heavy atom. The summed E-state index contributed by atoms with van der Waals surface area (Å²) in [6, 6.07) is 4.85. The third kappa shape index (κ3) is 3.54. The number of fused-ring (bicyclic) bond motifs is 2. The first-order valence-corrected chi connectivity index (χ1v) is 10.6. The number of hydrogen-bond acceptors (Lipinski definition) is 6. The highest BCUT2D eigenvalue weighted by atomic mass is 16.7. The summed E-state index contributed by atoms with van der Waals surface area (Å²) in [5.41, 5.74) is 1.59. The number of carbonyl (C=O) groups excluding carboxylic acids is 2. The molecule has 1 saturated heterocycles. The lowest BCUT2D eigenvalue weighted by atomic mass is 9.99. The van der Waals surface area contributed by atoms with Crippen LogP contribution >= 0.6 is 0 Å². The lowest BCUT2D eigenvalue weighted by Crippen LogP contribution is -2.42. The Balaban J connectivity index is 1.46. The van der Waals surface area contributed by atoms with Gasteiger partial charge >= 0.3 is 0 Å². The molecule has 1 aromatic carbocycles. The summed E-state index contributed by atoms with van der Waals surface area (Å²) in [6.45, 7) is 3.09. The first-order chi connectivity index (χ1) is 15.0. The van der Waals surface area contributed by atoms with Crippen LogP contribution in [0, 0.1) is 0 Å². The number of carbonyl (C=O) groups is 2. The summed E-state index contributed by atoms with van der Waals surface area (Å²) < 4.78 is 10.7. The van der Waals surface area contributed by atoms with Gasteiger partial charge in [0.2, 0.25) is 12.7 Å². The molecular weight excluding hydrogens is 400 g/mol. The van der Waals surface area contributed by atoms with Gasteiger partial charge in [-0.2, -0.15) is 0 Å². The van der Waals surface area contributed by atoms with E-state index < -0.39 is 0 Å². The van der Waals surface area contributed by atoms with Gasteiger partial charge in [0.15, 0.2) is 11.5 Å². The van der Waals surface area contributed by atoms with Crippen LogP contribution < -0.4 is 15.0 Å². The standard InChI is InChI=1S/C22H24N4O5/c1-13(27)25-9-7-15-16(11-25)23-20(24-21(15)28)17-4-2-3-8-26(17)22(29)14-5-6-18-19(10-14)31-12-30-18/h5-6,10,17H,2-4,7-9,11-12H2,1H3,(H,23,24,28)/t17-/m0/s1. The maximum atomic E-state index is 13.4. The highest BCUT2D eigenvalue weighted by Crippen LogP contribution is 2.35. The number of aromatic amines is 1. The van der Waals surface area contributed by atoms with Crippen molar-refractivity contribution >= 4 is 11.8 Å². The van der Waals surface area contributed by atoms with Crippen molar-refractivity contribution in [3.8, 4) is 11.5 Å². The average Bonchev–Trinajstić information content (AvgIpc) is 3.26. The Morgan fingerprint density at radius 1 is 1.16 bits per heavy atom. The molecule has 2 amide bonds. The molecule has 9 heteroatoms. The van der Waals surface area contributed by atoms with Crippen LogP contribution in [0.4, 0.5) is 0 Å². The fraction of sp³-hybridized carbons (Fsp3) is 0.455. The Hall–Kier alpha value is -3.36. The normalized spacial score (nSPS) is 19.8. The molecule has 162 valence electrons. The third-order valence-corrected chi connectivity index (χ3v) is 6.24. The van der Waals surface area contributed by atoms with E-state index in [1.165, 1.54) is 6.92 Å². The van der Waals surface area contributed by atoms with Crippen LogP contribution in [0.1, 0.15) is 59.7 Å². The highest BCUT2D eigenvalue weighted by Gasteiger charge is 2.33. The van der Waals surface area contributed by atoms with E-state index >= 15 is 0 Å². The molecule has 0 spiro atoms. The number of ether oxygens (including phenoxy) is 2. The predicted octanol–water partition coefficient (Wildman–Crippen LogP) is 1.77. The number of likely N-dealkylation sites (tertiary alicyclic amines) is 1. The van der Waals surface area contributed by atoms with Crippen molar-refractivity contribution in [3.63, 3.8) is 0 Å². The molecule has 0 aliphatic carbocycles. The van der Waals surface area contributed by atoms with Gasteiger partial charge in [0.25, 0.3) is 11.5 Å². The molecule has 0 radical (unpaired) electrons. The maximum absolute atomic E-state index is 13.4. The average molecular weight is 424 g/mol. The number of aromatic nitrogens is 2. The van der Waals surface area contributed by atoms with E-state index in [0.29, 0.717) is 66.6 Å². The fourth-order valence-corrected chi connectivity index (χ4v) is 4.54. The van der Waals surface area contributed by atoms with Crippen LogP contribution in [0.15, 0.2) is 23.0 Å². The summed E-state index contributed by atoms with van der Waals surface area (Å²) in [6.07, 6.45) is 3.03. The van der Waals surface area contributed by atoms with E-state index in [-0.39, 0.29) is 30.2 Å². The molecule has 9 nitrogen and oxygen atoms in total. The van der Waals surface area contributed by atoms with E-state index in [1.807, 2.05) is 0 Å². The maximum Gasteiger partial charge on any atom is 0.254 e. The molecule has 0 bridgehead atoms. The molecular formula is C22H24N4O5. The number of H-pyrrole nitrogens is 1. The van der Waals surface area contributed by atoms with E-state index in [9.17, 15) is 14.4 Å². The Bertz CT molecular complexity index is 1110. The van der Waals surface area contributed by atoms with E-state index in [0.717, 1.165) is 12.8 Å². The van der Waals surface area contributed by atoms with Gasteiger partial charge < -0.3 is 24.3 Å². The molecule has 2 aromatic rings. The summed E-state index contributed by atoms with van der Waals surface area (Å²) >= 11 is 0. The molecule has 3 aliphatic heterocycles. The van der Waals surface area contributed by atoms with Gasteiger partial charge in [-0.1, -0.05) is 0 Å². The monoisotopic (exact) mass is 424 g/mol. The van der Waals surface area contributed by atoms with Gasteiger partial charge in [-0.15, -0.1) is 0 Å². The third-order valence-electron chi connectivity index (χ3n) is 6.24. The minimum atomic E-state index is -0.322. The quantitative estimate of drug-likeness (QED) is 0.788. The first-order valence-electron chi connectivity index (χ1n) is 10.6. The molecule has 0 saturated carbocycles. The van der Waals surface area contributed by atoms with Crippen LogP contribution in [0.5, 0.6) is 11.5 Å². The minimum Gasteiger partial charge on any atom is -0.454 e. The van der Waals surface area contributed by atoms with E-state index in [2.05, 4.69) is 4.98 Å². The molecule has 0 unspecified atom stereocenters. The predicted molar refractivity (Wildman–Crippen MR) is 110 cm³/mol. The van der Waals surface area contributed by atoms with Crippen LogP contribution in [0.25, 0.3) is 0 Å². The number of nitrogens with one attached hydrogen (secondary N) is 1. The summed E-state index contributed by atoms with van der Waals surface area (Å²) in [5, 5.41) is 0. The smallest absolute Gasteiger partial charge is 0.254 e. The van der Waals surface area contributed by atoms with Crippen LogP contribution in [-0.4, -0.2) is 51.5 Å². The fourth-order valence-electron chi connectivity index (χ4n) is 4.54. The van der Waals surface area contributed by atoms with Gasteiger partial charge in [-0.05, 0) is 43.9 Å². The molecule has 1 N–H and O–H groups in total. The van der Waals surface area contributed by atoms with E-state index in [1.54, 1.807) is 28.0 Å². The molecule has 3 aliphatic rings. The van der Waals surface area contributed by atoms with Crippen molar-refractivity contribution in [2.45, 2.75) is 45.2 Å². The van der Waals surface area contributed by atoms with Crippen molar-refractivity contribution in [1.29, 1.82) is 0 Å². The zero-order valence-electron chi connectivity index (χ0n) is 17.3. The van der Waals surface area contributed by atoms with Crippen molar-refractivity contribution in [3.05, 3.63) is 51.2 Å². The molecule has 4 heterocycles. The topological polar surface area (TPSA) is 105 Å². The van der Waals surface area contributed by atoms with Gasteiger partial charge in [0.05, 0.1) is 18.3 Å². The molecule has 1 atom stereocenters. The van der Waals surface area contributed by atoms with Gasteiger partial charge in [-0.25, -0.2) is 4.98 Å². The van der Waals surface area contributed by atoms with Crippen LogP contribution in [0.3, 0.4) is 0 Å². The zero-order valence-corrected chi connectivity index (χ0v) is 17.3. The van der Waals surface area contributed by atoms with Crippen molar-refractivity contribution < 1.29 is 19.1 Å². The molecule has 1 aromatic heterocycles. The molecule has 31 heavy (non-hydrogen) atoms. The molecule has 1 fully saturated rings. The second-order valence-corrected chi connectivity index (χ2v) is 8.15. The SMILES string of the molecule is CC(=O)N1CCc2c(nc([C@@H]3CCCCN3C(=O)c3ccc4c(c3)OCO4)[nH]c2=O)C1. The van der Waals surface area contributed by atoms with Crippen molar-refractivity contribution in [2.24, 2.45) is 0 Å². The number of nitrogens with zero attached hydrogens (tertiary/aromatic N) is 3. The lowest BCUT2D eigenvalue weighted by Gasteiger charge is -2.36. The number of rotatable bonds is 2. The summed E-state index contributed by atoms with van der Waals surface area (Å²) in [4.78, 5) is 49.0. The Kier molecular flexibility index (Phi) is 4.88. The summed E-state index contributed by atoms with van der Waals surface area (Å²) in [5.74, 6) is 1.51. The number of benzene rings is 1. The minimum absolute atomic E-state index is 0.0356. The van der Waals surface area contributed by atoms with Crippen molar-refractivity contribution in [1.82, 2.24) is 19.8 Å². The van der Waals surface area contributed by atoms with Gasteiger partial charge in [-0.3, -0.25) is 14.4 Å². The first kappa shape index (κ1) is 19.6. The number of hydrogen-bond donors (Lipinski definition) is 1. The van der Waals surface area contributed by atoms with Crippen molar-refractivity contribution in [2.75, 3.05) is 19.9 Å². The lowest BCUT2D eigenvalue weighted by molar-refractivity contribution is -0.129.